The minimum atomic E-state index is -3.48. The first-order valence-electron chi connectivity index (χ1n) is 8.29. The third-order valence-electron chi connectivity index (χ3n) is 3.38. The van der Waals surface area contributed by atoms with Crippen molar-refractivity contribution in [3.05, 3.63) is 60.7 Å². The van der Waals surface area contributed by atoms with Crippen molar-refractivity contribution in [3.63, 3.8) is 0 Å². The van der Waals surface area contributed by atoms with Crippen LogP contribution in [0.2, 0.25) is 0 Å². The number of rotatable bonds is 9. The normalized spacial score (nSPS) is 11.8. The molecule has 26 heavy (non-hydrogen) atoms. The van der Waals surface area contributed by atoms with Gasteiger partial charge in [0.25, 0.3) is 0 Å². The minimum absolute atomic E-state index is 0.0569. The Kier molecular flexibility index (Phi) is 7.33. The van der Waals surface area contributed by atoms with E-state index in [9.17, 15) is 4.57 Å². The summed E-state index contributed by atoms with van der Waals surface area (Å²) in [5, 5.41) is 11.4. The SMILES string of the molecule is CC(=N)SCC(C)(C)NCP(=O)(Oc1ccccc1)Oc1ccccc1. The molecule has 0 radical (unpaired) electrons. The molecule has 2 N–H and O–H groups in total. The first kappa shape index (κ1) is 20.6. The van der Waals surface area contributed by atoms with E-state index in [1.54, 1.807) is 31.2 Å². The van der Waals surface area contributed by atoms with Crippen LogP contribution >= 0.6 is 19.4 Å². The van der Waals surface area contributed by atoms with E-state index in [4.69, 9.17) is 14.5 Å². The van der Waals surface area contributed by atoms with Gasteiger partial charge in [-0.2, -0.15) is 0 Å². The van der Waals surface area contributed by atoms with Crippen molar-refractivity contribution in [2.45, 2.75) is 26.3 Å². The summed E-state index contributed by atoms with van der Waals surface area (Å²) in [7, 11) is -3.48. The molecular formula is C19H25N2O3PS. The second-order valence-corrected chi connectivity index (χ2v) is 9.58. The van der Waals surface area contributed by atoms with Gasteiger partial charge in [0, 0.05) is 11.3 Å². The highest BCUT2D eigenvalue weighted by Gasteiger charge is 2.31. The lowest BCUT2D eigenvalue weighted by Crippen LogP contribution is -2.43. The Labute approximate surface area is 159 Å². The highest BCUT2D eigenvalue weighted by Crippen LogP contribution is 2.47. The second kappa shape index (κ2) is 9.26. The van der Waals surface area contributed by atoms with Crippen LogP contribution in [0.5, 0.6) is 11.5 Å². The van der Waals surface area contributed by atoms with Crippen molar-refractivity contribution in [3.8, 4) is 11.5 Å². The molecule has 0 aliphatic heterocycles. The Morgan fingerprint density at radius 3 is 1.92 bits per heavy atom. The quantitative estimate of drug-likeness (QED) is 0.340. The first-order valence-corrected chi connectivity index (χ1v) is 11.0. The third-order valence-corrected chi connectivity index (χ3v) is 6.20. The largest absolute Gasteiger partial charge is 0.444 e. The Bertz CT molecular complexity index is 708. The first-order chi connectivity index (χ1) is 12.3. The standard InChI is InChI=1S/C19H25N2O3PS/c1-16(20)26-14-19(2,3)21-15-25(22,23-17-10-6-4-7-11-17)24-18-12-8-5-9-13-18/h4-13,20-21H,14-15H2,1-3H3. The van der Waals surface area contributed by atoms with Gasteiger partial charge in [-0.1, -0.05) is 36.4 Å². The average Bonchev–Trinajstić information content (AvgIpc) is 2.60. The molecule has 2 aromatic carbocycles. The summed E-state index contributed by atoms with van der Waals surface area (Å²) in [5.74, 6) is 1.67. The molecule has 0 aliphatic carbocycles. The molecule has 140 valence electrons. The Morgan fingerprint density at radius 1 is 1.04 bits per heavy atom. The maximum atomic E-state index is 13.4. The maximum Gasteiger partial charge on any atom is 0.444 e. The van der Waals surface area contributed by atoms with Crippen molar-refractivity contribution in [1.82, 2.24) is 5.32 Å². The van der Waals surface area contributed by atoms with Crippen molar-refractivity contribution in [2.24, 2.45) is 0 Å². The van der Waals surface area contributed by atoms with Crippen molar-refractivity contribution in [1.29, 1.82) is 5.41 Å². The van der Waals surface area contributed by atoms with Crippen molar-refractivity contribution >= 4 is 24.4 Å². The molecule has 0 saturated carbocycles. The van der Waals surface area contributed by atoms with Crippen LogP contribution in [0.25, 0.3) is 0 Å². The van der Waals surface area contributed by atoms with E-state index in [2.05, 4.69) is 5.32 Å². The van der Waals surface area contributed by atoms with E-state index in [1.807, 2.05) is 50.2 Å². The summed E-state index contributed by atoms with van der Waals surface area (Å²) >= 11 is 1.45. The smallest absolute Gasteiger partial charge is 0.415 e. The summed E-state index contributed by atoms with van der Waals surface area (Å²) in [4.78, 5) is 0. The third kappa shape index (κ3) is 7.24. The molecule has 0 unspecified atom stereocenters. The highest BCUT2D eigenvalue weighted by atomic mass is 32.2. The van der Waals surface area contributed by atoms with Crippen LogP contribution in [0, 0.1) is 5.41 Å². The van der Waals surface area contributed by atoms with Gasteiger partial charge in [-0.25, -0.2) is 4.57 Å². The summed E-state index contributed by atoms with van der Waals surface area (Å²) in [5.41, 5.74) is -0.331. The highest BCUT2D eigenvalue weighted by molar-refractivity contribution is 8.13. The van der Waals surface area contributed by atoms with Gasteiger partial charge >= 0.3 is 7.60 Å². The lowest BCUT2D eigenvalue weighted by atomic mass is 10.1. The zero-order valence-corrected chi connectivity index (χ0v) is 17.0. The Morgan fingerprint density at radius 2 is 1.50 bits per heavy atom. The van der Waals surface area contributed by atoms with Crippen LogP contribution in [0.4, 0.5) is 0 Å². The molecule has 0 spiro atoms. The number of nitrogens with one attached hydrogen (secondary N) is 2. The fraction of sp³-hybridized carbons (Fsp3) is 0.316. The van der Waals surface area contributed by atoms with Crippen LogP contribution in [0.1, 0.15) is 20.8 Å². The van der Waals surface area contributed by atoms with Gasteiger partial charge < -0.3 is 9.05 Å². The molecule has 0 bridgehead atoms. The van der Waals surface area contributed by atoms with Crippen LogP contribution < -0.4 is 14.4 Å². The van der Waals surface area contributed by atoms with E-state index in [0.29, 0.717) is 22.3 Å². The molecule has 0 aliphatic rings. The van der Waals surface area contributed by atoms with Crippen LogP contribution in [0.15, 0.2) is 60.7 Å². The summed E-state index contributed by atoms with van der Waals surface area (Å²) in [6.07, 6.45) is 0.0569. The zero-order valence-electron chi connectivity index (χ0n) is 15.3. The van der Waals surface area contributed by atoms with Gasteiger partial charge in [0.05, 0.1) is 5.04 Å². The molecule has 2 rings (SSSR count). The molecule has 5 nitrogen and oxygen atoms in total. The second-order valence-electron chi connectivity index (χ2n) is 6.48. The van der Waals surface area contributed by atoms with E-state index < -0.39 is 7.60 Å². The molecule has 7 heteroatoms. The molecule has 0 fully saturated rings. The number of benzene rings is 2. The van der Waals surface area contributed by atoms with Crippen LogP contribution in [-0.2, 0) is 4.57 Å². The molecular weight excluding hydrogens is 367 g/mol. The van der Waals surface area contributed by atoms with Crippen molar-refractivity contribution < 1.29 is 13.6 Å². The maximum absolute atomic E-state index is 13.4. The predicted octanol–water partition coefficient (Wildman–Crippen LogP) is 5.39. The average molecular weight is 392 g/mol. The van der Waals surface area contributed by atoms with Gasteiger partial charge in [0.1, 0.15) is 17.8 Å². The molecule has 0 heterocycles. The van der Waals surface area contributed by atoms with Crippen molar-refractivity contribution in [2.75, 3.05) is 12.0 Å². The molecule has 0 aromatic heterocycles. The minimum Gasteiger partial charge on any atom is -0.415 e. The van der Waals surface area contributed by atoms with Gasteiger partial charge in [0.15, 0.2) is 0 Å². The Hall–Kier alpha value is -1.75. The zero-order chi connectivity index (χ0) is 19.0. The summed E-state index contributed by atoms with van der Waals surface area (Å²) in [6.45, 7) is 5.75. The number of thioether (sulfide) groups is 1. The van der Waals surface area contributed by atoms with Crippen LogP contribution in [-0.4, -0.2) is 22.6 Å². The summed E-state index contributed by atoms with van der Waals surface area (Å²) in [6, 6.07) is 18.0. The van der Waals surface area contributed by atoms with Gasteiger partial charge in [-0.3, -0.25) is 10.7 Å². The molecule has 0 amide bonds. The van der Waals surface area contributed by atoms with E-state index in [0.717, 1.165) is 0 Å². The van der Waals surface area contributed by atoms with Crippen LogP contribution in [0.3, 0.4) is 0 Å². The molecule has 2 aromatic rings. The van der Waals surface area contributed by atoms with E-state index >= 15 is 0 Å². The van der Waals surface area contributed by atoms with Gasteiger partial charge in [-0.05, 0) is 45.0 Å². The lowest BCUT2D eigenvalue weighted by Gasteiger charge is -2.28. The van der Waals surface area contributed by atoms with Gasteiger partial charge in [-0.15, -0.1) is 11.8 Å². The number of hydrogen-bond donors (Lipinski definition) is 2. The summed E-state index contributed by atoms with van der Waals surface area (Å²) < 4.78 is 24.9. The monoisotopic (exact) mass is 392 g/mol. The fourth-order valence-electron chi connectivity index (χ4n) is 2.02. The molecule has 0 atom stereocenters. The van der Waals surface area contributed by atoms with E-state index in [1.165, 1.54) is 11.8 Å². The topological polar surface area (TPSA) is 71.4 Å². The number of hydrogen-bond acceptors (Lipinski definition) is 6. The van der Waals surface area contributed by atoms with Gasteiger partial charge in [0.2, 0.25) is 0 Å². The molecule has 0 saturated heterocycles. The Balaban J connectivity index is 2.12. The lowest BCUT2D eigenvalue weighted by molar-refractivity contribution is 0.365. The number of para-hydroxylation sites is 2. The predicted molar refractivity (Wildman–Crippen MR) is 110 cm³/mol. The fourth-order valence-corrected chi connectivity index (χ4v) is 4.37. The van der Waals surface area contributed by atoms with E-state index in [-0.39, 0.29) is 11.8 Å².